The van der Waals surface area contributed by atoms with Crippen LogP contribution < -0.4 is 15.4 Å². The summed E-state index contributed by atoms with van der Waals surface area (Å²) in [5.74, 6) is 1.42. The zero-order valence-corrected chi connectivity index (χ0v) is 12.3. The highest BCUT2D eigenvalue weighted by atomic mass is 16.5. The highest BCUT2D eigenvalue weighted by Crippen LogP contribution is 2.35. The predicted molar refractivity (Wildman–Crippen MR) is 85.9 cm³/mol. The van der Waals surface area contributed by atoms with Crippen molar-refractivity contribution in [1.82, 2.24) is 0 Å². The van der Waals surface area contributed by atoms with Crippen molar-refractivity contribution in [3.8, 4) is 5.75 Å². The number of ether oxygens (including phenoxy) is 1. The van der Waals surface area contributed by atoms with Crippen molar-refractivity contribution in [1.29, 1.82) is 0 Å². The Bertz CT molecular complexity index is 664. The van der Waals surface area contributed by atoms with E-state index < -0.39 is 0 Å². The molecule has 2 aromatic rings. The molecular formula is C17H19N3O. The summed E-state index contributed by atoms with van der Waals surface area (Å²) < 4.78 is 5.48. The summed E-state index contributed by atoms with van der Waals surface area (Å²) in [6.07, 6.45) is 0. The van der Waals surface area contributed by atoms with E-state index in [-0.39, 0.29) is 6.04 Å². The van der Waals surface area contributed by atoms with Gasteiger partial charge in [0.05, 0.1) is 19.7 Å². The number of aryl methyl sites for hydroxylation is 1. The Morgan fingerprint density at radius 2 is 1.86 bits per heavy atom. The molecule has 0 saturated carbocycles. The van der Waals surface area contributed by atoms with Crippen LogP contribution in [0.15, 0.2) is 53.5 Å². The van der Waals surface area contributed by atoms with Crippen molar-refractivity contribution in [2.24, 2.45) is 10.7 Å². The van der Waals surface area contributed by atoms with Crippen LogP contribution in [0.1, 0.15) is 17.2 Å². The molecular weight excluding hydrogens is 262 g/mol. The van der Waals surface area contributed by atoms with E-state index in [1.54, 1.807) is 7.11 Å². The van der Waals surface area contributed by atoms with Gasteiger partial charge in [0.2, 0.25) is 0 Å². The maximum atomic E-state index is 6.10. The Morgan fingerprint density at radius 1 is 1.14 bits per heavy atom. The first kappa shape index (κ1) is 13.5. The van der Waals surface area contributed by atoms with Crippen molar-refractivity contribution in [3.63, 3.8) is 0 Å². The molecule has 0 fully saturated rings. The summed E-state index contributed by atoms with van der Waals surface area (Å²) in [7, 11) is 1.69. The van der Waals surface area contributed by atoms with Crippen molar-refractivity contribution in [2.75, 3.05) is 18.6 Å². The maximum Gasteiger partial charge on any atom is 0.196 e. The molecule has 1 aliphatic heterocycles. The van der Waals surface area contributed by atoms with Crippen molar-refractivity contribution in [2.45, 2.75) is 13.0 Å². The summed E-state index contributed by atoms with van der Waals surface area (Å²) in [6.45, 7) is 2.71. The molecule has 1 atom stereocenters. The average molecular weight is 281 g/mol. The van der Waals surface area contributed by atoms with E-state index in [1.807, 2.05) is 18.2 Å². The number of aliphatic imine (C=N–C) groups is 1. The number of methoxy groups -OCH3 is 1. The third-order valence-electron chi connectivity index (χ3n) is 3.79. The van der Waals surface area contributed by atoms with Gasteiger partial charge in [-0.3, -0.25) is 4.99 Å². The standard InChI is InChI=1S/C17H19N3O/c1-12-7-9-13(10-8-12)20-15(11-19-17(20)18)14-5-3-4-6-16(14)21-2/h3-10,15H,11H2,1-2H3,(H2,18,19). The summed E-state index contributed by atoms with van der Waals surface area (Å²) in [5, 5.41) is 0. The third kappa shape index (κ3) is 2.44. The molecule has 0 amide bonds. The first-order valence-electron chi connectivity index (χ1n) is 6.99. The highest BCUT2D eigenvalue weighted by Gasteiger charge is 2.30. The molecule has 1 aliphatic rings. The Hall–Kier alpha value is -2.49. The van der Waals surface area contributed by atoms with Gasteiger partial charge in [-0.05, 0) is 25.1 Å². The van der Waals surface area contributed by atoms with Crippen molar-refractivity contribution < 1.29 is 4.74 Å². The van der Waals surface area contributed by atoms with Gasteiger partial charge in [-0.2, -0.15) is 0 Å². The van der Waals surface area contributed by atoms with E-state index >= 15 is 0 Å². The van der Waals surface area contributed by atoms with E-state index in [4.69, 9.17) is 10.5 Å². The van der Waals surface area contributed by atoms with Gasteiger partial charge in [0, 0.05) is 11.3 Å². The van der Waals surface area contributed by atoms with Gasteiger partial charge in [-0.25, -0.2) is 0 Å². The molecule has 108 valence electrons. The fourth-order valence-corrected chi connectivity index (χ4v) is 2.69. The molecule has 1 unspecified atom stereocenters. The maximum absolute atomic E-state index is 6.10. The molecule has 4 nitrogen and oxygen atoms in total. The number of hydrogen-bond donors (Lipinski definition) is 1. The molecule has 4 heteroatoms. The van der Waals surface area contributed by atoms with Crippen molar-refractivity contribution >= 4 is 11.6 Å². The minimum atomic E-state index is 0.0730. The fraction of sp³-hybridized carbons (Fsp3) is 0.235. The molecule has 0 spiro atoms. The van der Waals surface area contributed by atoms with Crippen LogP contribution in [0.25, 0.3) is 0 Å². The Morgan fingerprint density at radius 3 is 2.57 bits per heavy atom. The van der Waals surface area contributed by atoms with Gasteiger partial charge in [0.15, 0.2) is 5.96 Å². The number of guanidine groups is 1. The zero-order valence-electron chi connectivity index (χ0n) is 12.3. The molecule has 1 heterocycles. The number of nitrogens with two attached hydrogens (primary N) is 1. The van der Waals surface area contributed by atoms with Gasteiger partial charge in [0.25, 0.3) is 0 Å². The molecule has 0 saturated heterocycles. The first-order valence-corrected chi connectivity index (χ1v) is 6.99. The minimum Gasteiger partial charge on any atom is -0.496 e. The van der Waals surface area contributed by atoms with Gasteiger partial charge in [-0.1, -0.05) is 35.9 Å². The number of para-hydroxylation sites is 1. The summed E-state index contributed by atoms with van der Waals surface area (Å²) in [4.78, 5) is 6.48. The number of nitrogens with zero attached hydrogens (tertiary/aromatic N) is 2. The number of anilines is 1. The second-order valence-corrected chi connectivity index (χ2v) is 5.16. The monoisotopic (exact) mass is 281 g/mol. The topological polar surface area (TPSA) is 50.9 Å². The molecule has 0 aliphatic carbocycles. The summed E-state index contributed by atoms with van der Waals surface area (Å²) >= 11 is 0. The molecule has 3 rings (SSSR count). The van der Waals surface area contributed by atoms with Crippen LogP contribution in [0.2, 0.25) is 0 Å². The fourth-order valence-electron chi connectivity index (χ4n) is 2.69. The zero-order chi connectivity index (χ0) is 14.8. The minimum absolute atomic E-state index is 0.0730. The Labute approximate surface area is 124 Å². The molecule has 21 heavy (non-hydrogen) atoms. The van der Waals surface area contributed by atoms with E-state index in [0.29, 0.717) is 12.5 Å². The van der Waals surface area contributed by atoms with Crippen LogP contribution in [-0.4, -0.2) is 19.6 Å². The molecule has 0 aromatic heterocycles. The lowest BCUT2D eigenvalue weighted by Gasteiger charge is -2.27. The second-order valence-electron chi connectivity index (χ2n) is 5.16. The van der Waals surface area contributed by atoms with Crippen molar-refractivity contribution in [3.05, 3.63) is 59.7 Å². The Kier molecular flexibility index (Phi) is 3.52. The van der Waals surface area contributed by atoms with Crippen LogP contribution in [0.3, 0.4) is 0 Å². The lowest BCUT2D eigenvalue weighted by Crippen LogP contribution is -2.36. The lowest BCUT2D eigenvalue weighted by molar-refractivity contribution is 0.406. The molecule has 2 aromatic carbocycles. The second kappa shape index (κ2) is 5.48. The first-order chi connectivity index (χ1) is 10.2. The number of hydrogen-bond acceptors (Lipinski definition) is 4. The average Bonchev–Trinajstić information content (AvgIpc) is 2.90. The van der Waals surface area contributed by atoms with Crippen LogP contribution >= 0.6 is 0 Å². The Balaban J connectivity index is 2.01. The van der Waals surface area contributed by atoms with E-state index in [2.05, 4.69) is 47.1 Å². The lowest BCUT2D eigenvalue weighted by atomic mass is 10.0. The largest absolute Gasteiger partial charge is 0.496 e. The third-order valence-corrected chi connectivity index (χ3v) is 3.79. The number of benzene rings is 2. The highest BCUT2D eigenvalue weighted by molar-refractivity contribution is 5.97. The van der Waals surface area contributed by atoms with E-state index in [1.165, 1.54) is 5.56 Å². The van der Waals surface area contributed by atoms with E-state index in [0.717, 1.165) is 17.0 Å². The van der Waals surface area contributed by atoms with Crippen LogP contribution in [0.4, 0.5) is 5.69 Å². The SMILES string of the molecule is COc1ccccc1C1CN=C(N)N1c1ccc(C)cc1. The predicted octanol–water partition coefficient (Wildman–Crippen LogP) is 2.88. The molecule has 0 bridgehead atoms. The van der Waals surface area contributed by atoms with Gasteiger partial charge >= 0.3 is 0 Å². The van der Waals surface area contributed by atoms with Gasteiger partial charge < -0.3 is 15.4 Å². The van der Waals surface area contributed by atoms with Crippen LogP contribution in [-0.2, 0) is 0 Å². The summed E-state index contributed by atoms with van der Waals surface area (Å²) in [5.41, 5.74) is 9.48. The van der Waals surface area contributed by atoms with Crippen LogP contribution in [0.5, 0.6) is 5.75 Å². The van der Waals surface area contributed by atoms with E-state index in [9.17, 15) is 0 Å². The van der Waals surface area contributed by atoms with Gasteiger partial charge in [-0.15, -0.1) is 0 Å². The normalized spacial score (nSPS) is 17.7. The quantitative estimate of drug-likeness (QED) is 0.941. The van der Waals surface area contributed by atoms with Crippen LogP contribution in [0, 0.1) is 6.92 Å². The molecule has 0 radical (unpaired) electrons. The number of rotatable bonds is 3. The summed E-state index contributed by atoms with van der Waals surface area (Å²) in [6, 6.07) is 16.4. The smallest absolute Gasteiger partial charge is 0.196 e. The molecule has 2 N–H and O–H groups in total. The van der Waals surface area contributed by atoms with Gasteiger partial charge in [0.1, 0.15) is 5.75 Å².